The van der Waals surface area contributed by atoms with Gasteiger partial charge >= 0.3 is 12.0 Å². The number of nitrogens with zero attached hydrogens (tertiary/aromatic N) is 4. The molecule has 0 aliphatic carbocycles. The Hall–Kier alpha value is -4.82. The molecule has 2 aliphatic rings. The number of nitro benzene ring substituents is 1. The van der Waals surface area contributed by atoms with Gasteiger partial charge in [0.05, 0.1) is 29.8 Å². The molecule has 1 fully saturated rings. The third kappa shape index (κ3) is 11.3. The number of hydrogen-bond donors (Lipinski definition) is 2. The summed E-state index contributed by atoms with van der Waals surface area (Å²) in [6.07, 6.45) is 3.85. The van der Waals surface area contributed by atoms with E-state index >= 15 is 0 Å². The highest BCUT2D eigenvalue weighted by atomic mass is 16.6. The van der Waals surface area contributed by atoms with E-state index in [0.717, 1.165) is 31.5 Å². The van der Waals surface area contributed by atoms with Crippen molar-refractivity contribution in [2.45, 2.75) is 78.0 Å². The molecule has 0 bridgehead atoms. The zero-order valence-electron chi connectivity index (χ0n) is 30.5. The van der Waals surface area contributed by atoms with E-state index in [1.165, 1.54) is 29.2 Å². The number of hydrogen-bond acceptors (Lipinski definition) is 9. The van der Waals surface area contributed by atoms with Gasteiger partial charge in [-0.3, -0.25) is 29.5 Å². The number of rotatable bonds is 19. The van der Waals surface area contributed by atoms with Crippen LogP contribution in [0.25, 0.3) is 0 Å². The van der Waals surface area contributed by atoms with Gasteiger partial charge in [-0.25, -0.2) is 9.59 Å². The molecule has 2 aromatic carbocycles. The Morgan fingerprint density at radius 1 is 1.04 bits per heavy atom. The lowest BCUT2D eigenvalue weighted by Gasteiger charge is -2.35. The van der Waals surface area contributed by atoms with Gasteiger partial charge in [0.1, 0.15) is 12.6 Å². The average molecular weight is 721 g/mol. The van der Waals surface area contributed by atoms with Crippen LogP contribution >= 0.6 is 0 Å². The molecule has 52 heavy (non-hydrogen) atoms. The number of carbonyl (C=O) groups is 4. The fourth-order valence-electron chi connectivity index (χ4n) is 6.31. The van der Waals surface area contributed by atoms with Gasteiger partial charge in [0.15, 0.2) is 0 Å². The molecule has 4 rings (SSSR count). The number of amides is 4. The van der Waals surface area contributed by atoms with Crippen LogP contribution in [-0.2, 0) is 30.5 Å². The number of morpholine rings is 1. The number of nitrogens with one attached hydrogen (secondary N) is 2. The second-order valence-corrected chi connectivity index (χ2v) is 13.1. The second kappa shape index (κ2) is 20.3. The molecule has 2 aliphatic heterocycles. The van der Waals surface area contributed by atoms with E-state index in [0.29, 0.717) is 69.9 Å². The van der Waals surface area contributed by atoms with Crippen molar-refractivity contribution in [3.05, 3.63) is 87.1 Å². The van der Waals surface area contributed by atoms with Crippen LogP contribution in [0, 0.1) is 10.1 Å². The number of allylic oxidation sites excluding steroid dienone is 1. The fourth-order valence-corrected chi connectivity index (χ4v) is 6.31. The van der Waals surface area contributed by atoms with Crippen LogP contribution in [0.4, 0.5) is 10.5 Å². The first-order valence-electron chi connectivity index (χ1n) is 18.2. The standard InChI is InChI=1S/C38H52N6O8/c1-4-5-19-39-36(46)29(3)42(22-21-41-23-25-51-26-24-41)33(45)14-10-7-11-20-43-28(2)34(37(47)52-27-30-12-8-6-9-13-30)35(40-38(43)48)31-15-17-32(18-16-31)44(49)50/h6,8-9,12-13,15-18,29,35H,4-5,7,10-11,14,19-27H2,1-3H3,(H,39,46)(H,40,48). The second-order valence-electron chi connectivity index (χ2n) is 13.1. The molecule has 14 nitrogen and oxygen atoms in total. The monoisotopic (exact) mass is 720 g/mol. The van der Waals surface area contributed by atoms with Gasteiger partial charge in [0.2, 0.25) is 11.8 Å². The third-order valence-electron chi connectivity index (χ3n) is 9.50. The SMILES string of the molecule is CCCCNC(=O)C(C)N(CCN1CCOCC1)C(=O)CCCCCN1C(=O)NC(c2ccc([N+](=O)[O-])cc2)C(C(=O)OCc2ccccc2)=C1C. The van der Waals surface area contributed by atoms with Crippen LogP contribution in [0.3, 0.4) is 0 Å². The zero-order chi connectivity index (χ0) is 37.5. The predicted octanol–water partition coefficient (Wildman–Crippen LogP) is 4.70. The molecule has 2 unspecified atom stereocenters. The lowest BCUT2D eigenvalue weighted by atomic mass is 9.94. The van der Waals surface area contributed by atoms with Crippen molar-refractivity contribution in [1.82, 2.24) is 25.3 Å². The Labute approximate surface area is 305 Å². The van der Waals surface area contributed by atoms with Gasteiger partial charge in [-0.15, -0.1) is 0 Å². The number of non-ortho nitro benzene ring substituents is 1. The van der Waals surface area contributed by atoms with E-state index in [-0.39, 0.29) is 36.1 Å². The maximum atomic E-state index is 13.6. The first-order valence-corrected chi connectivity index (χ1v) is 18.2. The average Bonchev–Trinajstić information content (AvgIpc) is 3.15. The summed E-state index contributed by atoms with van der Waals surface area (Å²) in [5, 5.41) is 17.1. The highest BCUT2D eigenvalue weighted by Gasteiger charge is 2.36. The lowest BCUT2D eigenvalue weighted by molar-refractivity contribution is -0.384. The van der Waals surface area contributed by atoms with E-state index in [1.807, 2.05) is 30.3 Å². The lowest BCUT2D eigenvalue weighted by Crippen LogP contribution is -2.51. The topological polar surface area (TPSA) is 164 Å². The van der Waals surface area contributed by atoms with Crippen molar-refractivity contribution in [3.8, 4) is 0 Å². The van der Waals surface area contributed by atoms with Gasteiger partial charge in [0.25, 0.3) is 5.69 Å². The minimum Gasteiger partial charge on any atom is -0.457 e. The summed E-state index contributed by atoms with van der Waals surface area (Å²) in [5.74, 6) is -0.856. The minimum absolute atomic E-state index is 0.0356. The van der Waals surface area contributed by atoms with Crippen LogP contribution in [0.1, 0.15) is 76.5 Å². The number of nitro groups is 1. The highest BCUT2D eigenvalue weighted by molar-refractivity contribution is 5.95. The third-order valence-corrected chi connectivity index (χ3v) is 9.50. The largest absolute Gasteiger partial charge is 0.457 e. The molecule has 2 heterocycles. The number of benzene rings is 2. The van der Waals surface area contributed by atoms with E-state index in [9.17, 15) is 29.3 Å². The van der Waals surface area contributed by atoms with E-state index in [4.69, 9.17) is 9.47 Å². The summed E-state index contributed by atoms with van der Waals surface area (Å²) >= 11 is 0. The summed E-state index contributed by atoms with van der Waals surface area (Å²) < 4.78 is 11.1. The molecule has 4 amide bonds. The molecule has 14 heteroatoms. The molecule has 0 saturated carbocycles. The van der Waals surface area contributed by atoms with Crippen LogP contribution in [0.2, 0.25) is 0 Å². The van der Waals surface area contributed by atoms with Gasteiger partial charge in [-0.2, -0.15) is 0 Å². The summed E-state index contributed by atoms with van der Waals surface area (Å²) in [6.45, 7) is 10.4. The fraction of sp³-hybridized carbons (Fsp3) is 0.526. The van der Waals surface area contributed by atoms with Gasteiger partial charge in [-0.1, -0.05) is 50.1 Å². The van der Waals surface area contributed by atoms with Crippen molar-refractivity contribution in [2.24, 2.45) is 0 Å². The van der Waals surface area contributed by atoms with Crippen molar-refractivity contribution in [2.75, 3.05) is 52.5 Å². The van der Waals surface area contributed by atoms with Crippen LogP contribution < -0.4 is 10.6 Å². The van der Waals surface area contributed by atoms with Gasteiger partial charge < -0.3 is 25.0 Å². The van der Waals surface area contributed by atoms with Crippen LogP contribution in [0.5, 0.6) is 0 Å². The Balaban J connectivity index is 1.40. The number of unbranched alkanes of at least 4 members (excludes halogenated alkanes) is 3. The van der Waals surface area contributed by atoms with E-state index in [1.54, 1.807) is 18.7 Å². The minimum atomic E-state index is -0.866. The molecule has 2 aromatic rings. The van der Waals surface area contributed by atoms with Crippen LogP contribution in [-0.4, -0.2) is 102 Å². The Bertz CT molecular complexity index is 1540. The Morgan fingerprint density at radius 2 is 1.75 bits per heavy atom. The molecule has 0 aromatic heterocycles. The molecule has 2 N–H and O–H groups in total. The summed E-state index contributed by atoms with van der Waals surface area (Å²) in [7, 11) is 0. The van der Waals surface area contributed by atoms with Crippen molar-refractivity contribution < 1.29 is 33.6 Å². The van der Waals surface area contributed by atoms with Crippen molar-refractivity contribution >= 4 is 29.5 Å². The number of ether oxygens (including phenoxy) is 2. The Morgan fingerprint density at radius 3 is 2.42 bits per heavy atom. The van der Waals surface area contributed by atoms with Gasteiger partial charge in [-0.05, 0) is 56.4 Å². The molecule has 1 saturated heterocycles. The van der Waals surface area contributed by atoms with Crippen molar-refractivity contribution in [1.29, 1.82) is 0 Å². The number of urea groups is 1. The summed E-state index contributed by atoms with van der Waals surface area (Å²) in [5.41, 5.74) is 1.87. The molecule has 0 spiro atoms. The molecular weight excluding hydrogens is 668 g/mol. The quantitative estimate of drug-likeness (QED) is 0.0906. The molecular formula is C38H52N6O8. The predicted molar refractivity (Wildman–Crippen MR) is 195 cm³/mol. The van der Waals surface area contributed by atoms with Gasteiger partial charge in [0, 0.05) is 63.5 Å². The number of carbonyl (C=O) groups excluding carboxylic acids is 4. The van der Waals surface area contributed by atoms with Crippen molar-refractivity contribution in [3.63, 3.8) is 0 Å². The van der Waals surface area contributed by atoms with E-state index in [2.05, 4.69) is 22.5 Å². The summed E-state index contributed by atoms with van der Waals surface area (Å²) in [6, 6.07) is 13.1. The highest BCUT2D eigenvalue weighted by Crippen LogP contribution is 2.32. The summed E-state index contributed by atoms with van der Waals surface area (Å²) in [4.78, 5) is 69.6. The Kier molecular flexibility index (Phi) is 15.6. The van der Waals surface area contributed by atoms with Crippen LogP contribution in [0.15, 0.2) is 65.9 Å². The zero-order valence-corrected chi connectivity index (χ0v) is 30.5. The maximum Gasteiger partial charge on any atom is 0.338 e. The molecule has 0 radical (unpaired) electrons. The smallest absolute Gasteiger partial charge is 0.338 e. The normalized spacial score (nSPS) is 16.9. The first kappa shape index (κ1) is 40.0. The maximum absolute atomic E-state index is 13.6. The first-order chi connectivity index (χ1) is 25.1. The van der Waals surface area contributed by atoms with E-state index < -0.39 is 29.0 Å². The molecule has 282 valence electrons. The molecule has 2 atom stereocenters. The number of esters is 1.